The number of aliphatic hydroxyl groups is 1. The molecule has 1 unspecified atom stereocenters. The predicted molar refractivity (Wildman–Crippen MR) is 78.8 cm³/mol. The summed E-state index contributed by atoms with van der Waals surface area (Å²) in [5.41, 5.74) is 0.896. The van der Waals surface area contributed by atoms with E-state index in [1.165, 1.54) is 0 Å². The van der Waals surface area contributed by atoms with Crippen LogP contribution in [0.3, 0.4) is 0 Å². The lowest BCUT2D eigenvalue weighted by atomic mass is 10.1. The van der Waals surface area contributed by atoms with Crippen molar-refractivity contribution < 1.29 is 13.5 Å². The maximum absolute atomic E-state index is 11.3. The Morgan fingerprint density at radius 1 is 1.21 bits per heavy atom. The number of hydrogen-bond donors (Lipinski definition) is 1. The SMILES string of the molecule is O=S1(=O)CCN(CCC(O)c2ccc(Br)cc2)CC1. The molecule has 106 valence electrons. The Morgan fingerprint density at radius 3 is 2.37 bits per heavy atom. The van der Waals surface area contributed by atoms with Gasteiger partial charge in [0.15, 0.2) is 9.84 Å². The van der Waals surface area contributed by atoms with Gasteiger partial charge in [-0.25, -0.2) is 8.42 Å². The molecule has 0 aliphatic carbocycles. The minimum atomic E-state index is -2.82. The van der Waals surface area contributed by atoms with Crippen LogP contribution in [-0.4, -0.2) is 49.6 Å². The highest BCUT2D eigenvalue weighted by atomic mass is 79.9. The highest BCUT2D eigenvalue weighted by molar-refractivity contribution is 9.10. The Balaban J connectivity index is 1.81. The van der Waals surface area contributed by atoms with Gasteiger partial charge in [0, 0.05) is 24.1 Å². The van der Waals surface area contributed by atoms with Crippen molar-refractivity contribution in [3.05, 3.63) is 34.3 Å². The Kier molecular flexibility index (Phi) is 5.00. The zero-order chi connectivity index (χ0) is 13.9. The van der Waals surface area contributed by atoms with E-state index in [-0.39, 0.29) is 11.5 Å². The molecule has 0 aromatic heterocycles. The van der Waals surface area contributed by atoms with E-state index in [0.29, 0.717) is 19.5 Å². The van der Waals surface area contributed by atoms with Crippen molar-refractivity contribution in [1.29, 1.82) is 0 Å². The molecule has 1 aliphatic heterocycles. The summed E-state index contributed by atoms with van der Waals surface area (Å²) in [4.78, 5) is 2.10. The highest BCUT2D eigenvalue weighted by Gasteiger charge is 2.21. The Labute approximate surface area is 122 Å². The summed E-state index contributed by atoms with van der Waals surface area (Å²) in [6, 6.07) is 7.61. The van der Waals surface area contributed by atoms with Crippen molar-refractivity contribution in [2.75, 3.05) is 31.1 Å². The second-order valence-corrected chi connectivity index (χ2v) is 8.07. The van der Waals surface area contributed by atoms with Crippen LogP contribution in [0.2, 0.25) is 0 Å². The van der Waals surface area contributed by atoms with Crippen LogP contribution in [0.15, 0.2) is 28.7 Å². The minimum Gasteiger partial charge on any atom is -0.388 e. The molecular weight excluding hydrogens is 330 g/mol. The molecule has 1 saturated heterocycles. The fraction of sp³-hybridized carbons (Fsp3) is 0.538. The van der Waals surface area contributed by atoms with Gasteiger partial charge >= 0.3 is 0 Å². The first-order valence-corrected chi connectivity index (χ1v) is 8.94. The summed E-state index contributed by atoms with van der Waals surface area (Å²) >= 11 is 3.36. The van der Waals surface area contributed by atoms with E-state index in [4.69, 9.17) is 0 Å². The largest absolute Gasteiger partial charge is 0.388 e. The summed E-state index contributed by atoms with van der Waals surface area (Å²) in [6.45, 7) is 1.89. The van der Waals surface area contributed by atoms with E-state index in [1.807, 2.05) is 24.3 Å². The van der Waals surface area contributed by atoms with E-state index >= 15 is 0 Å². The van der Waals surface area contributed by atoms with Crippen molar-refractivity contribution in [1.82, 2.24) is 4.90 Å². The van der Waals surface area contributed by atoms with Gasteiger partial charge in [0.05, 0.1) is 17.6 Å². The third-order valence-electron chi connectivity index (χ3n) is 3.41. The summed E-state index contributed by atoms with van der Waals surface area (Å²) in [5.74, 6) is 0.475. The predicted octanol–water partition coefficient (Wildman–Crippen LogP) is 1.60. The lowest BCUT2D eigenvalue weighted by Crippen LogP contribution is -2.40. The van der Waals surface area contributed by atoms with E-state index in [2.05, 4.69) is 20.8 Å². The molecule has 1 aliphatic rings. The lowest BCUT2D eigenvalue weighted by molar-refractivity contribution is 0.144. The number of benzene rings is 1. The van der Waals surface area contributed by atoms with Crippen molar-refractivity contribution >= 4 is 25.8 Å². The van der Waals surface area contributed by atoms with E-state index in [0.717, 1.165) is 16.6 Å². The standard InChI is InChI=1S/C13H18BrNO3S/c14-12-3-1-11(2-4-12)13(16)5-6-15-7-9-19(17,18)10-8-15/h1-4,13,16H,5-10H2. The maximum atomic E-state index is 11.3. The Morgan fingerprint density at radius 2 is 1.79 bits per heavy atom. The molecular formula is C13H18BrNO3S. The second-order valence-electron chi connectivity index (χ2n) is 4.85. The zero-order valence-electron chi connectivity index (χ0n) is 10.6. The van der Waals surface area contributed by atoms with Gasteiger partial charge in [-0.2, -0.15) is 0 Å². The van der Waals surface area contributed by atoms with Gasteiger partial charge in [-0.1, -0.05) is 28.1 Å². The van der Waals surface area contributed by atoms with Crippen LogP contribution >= 0.6 is 15.9 Å². The van der Waals surface area contributed by atoms with Crippen LogP contribution in [0.5, 0.6) is 0 Å². The number of nitrogens with zero attached hydrogens (tertiary/aromatic N) is 1. The normalized spacial score (nSPS) is 21.2. The van der Waals surface area contributed by atoms with E-state index < -0.39 is 15.9 Å². The maximum Gasteiger partial charge on any atom is 0.152 e. The van der Waals surface area contributed by atoms with Crippen LogP contribution < -0.4 is 0 Å². The van der Waals surface area contributed by atoms with Crippen LogP contribution in [0.25, 0.3) is 0 Å². The topological polar surface area (TPSA) is 57.6 Å². The van der Waals surface area contributed by atoms with Crippen molar-refractivity contribution in [2.24, 2.45) is 0 Å². The van der Waals surface area contributed by atoms with Crippen molar-refractivity contribution in [3.8, 4) is 0 Å². The smallest absolute Gasteiger partial charge is 0.152 e. The molecule has 1 atom stereocenters. The average Bonchev–Trinajstić information content (AvgIpc) is 2.38. The number of sulfone groups is 1. The van der Waals surface area contributed by atoms with Gasteiger partial charge < -0.3 is 10.0 Å². The summed E-state index contributed by atoms with van der Waals surface area (Å²) in [7, 11) is -2.82. The molecule has 0 saturated carbocycles. The fourth-order valence-electron chi connectivity index (χ4n) is 2.13. The van der Waals surface area contributed by atoms with Gasteiger partial charge in [-0.05, 0) is 24.1 Å². The fourth-order valence-corrected chi connectivity index (χ4v) is 3.67. The van der Waals surface area contributed by atoms with Gasteiger partial charge in [-0.3, -0.25) is 0 Å². The molecule has 0 amide bonds. The number of hydrogen-bond acceptors (Lipinski definition) is 4. The molecule has 1 aromatic rings. The number of halogens is 1. The zero-order valence-corrected chi connectivity index (χ0v) is 13.0. The molecule has 2 rings (SSSR count). The highest BCUT2D eigenvalue weighted by Crippen LogP contribution is 2.20. The molecule has 0 bridgehead atoms. The van der Waals surface area contributed by atoms with Crippen LogP contribution in [-0.2, 0) is 9.84 Å². The monoisotopic (exact) mass is 347 g/mol. The van der Waals surface area contributed by atoms with Gasteiger partial charge in [0.1, 0.15) is 0 Å². The van der Waals surface area contributed by atoms with Crippen molar-refractivity contribution in [2.45, 2.75) is 12.5 Å². The molecule has 4 nitrogen and oxygen atoms in total. The van der Waals surface area contributed by atoms with Gasteiger partial charge in [0.25, 0.3) is 0 Å². The first-order chi connectivity index (χ1) is 8.96. The van der Waals surface area contributed by atoms with Crippen LogP contribution in [0.4, 0.5) is 0 Å². The number of rotatable bonds is 4. The molecule has 19 heavy (non-hydrogen) atoms. The molecule has 1 N–H and O–H groups in total. The number of aliphatic hydroxyl groups excluding tert-OH is 1. The third-order valence-corrected chi connectivity index (χ3v) is 5.55. The van der Waals surface area contributed by atoms with E-state index in [1.54, 1.807) is 0 Å². The quantitative estimate of drug-likeness (QED) is 0.898. The Hall–Kier alpha value is -0.430. The molecule has 6 heteroatoms. The Bertz CT molecular complexity index is 501. The van der Waals surface area contributed by atoms with Crippen molar-refractivity contribution in [3.63, 3.8) is 0 Å². The first-order valence-electron chi connectivity index (χ1n) is 6.32. The third kappa shape index (κ3) is 4.56. The molecule has 1 fully saturated rings. The average molecular weight is 348 g/mol. The minimum absolute atomic E-state index is 0.237. The van der Waals surface area contributed by atoms with Gasteiger partial charge in [0.2, 0.25) is 0 Å². The van der Waals surface area contributed by atoms with Crippen LogP contribution in [0, 0.1) is 0 Å². The van der Waals surface area contributed by atoms with E-state index in [9.17, 15) is 13.5 Å². The lowest BCUT2D eigenvalue weighted by Gasteiger charge is -2.27. The molecule has 1 aromatic carbocycles. The second kappa shape index (κ2) is 6.35. The molecule has 1 heterocycles. The summed E-state index contributed by atoms with van der Waals surface area (Å²) < 4.78 is 23.6. The molecule has 0 spiro atoms. The molecule has 0 radical (unpaired) electrons. The first kappa shape index (κ1) is 15.0. The summed E-state index contributed by atoms with van der Waals surface area (Å²) in [6.07, 6.45) is 0.133. The van der Waals surface area contributed by atoms with Crippen LogP contribution in [0.1, 0.15) is 18.1 Å². The van der Waals surface area contributed by atoms with Gasteiger partial charge in [-0.15, -0.1) is 0 Å². The summed E-state index contributed by atoms with van der Waals surface area (Å²) in [5, 5.41) is 10.1.